The Morgan fingerprint density at radius 2 is 2.37 bits per heavy atom. The summed E-state index contributed by atoms with van der Waals surface area (Å²) in [4.78, 5) is 15.6. The lowest BCUT2D eigenvalue weighted by Gasteiger charge is -2.35. The Morgan fingerprint density at radius 3 is 3.11 bits per heavy atom. The fourth-order valence-electron chi connectivity index (χ4n) is 3.35. The number of thiophene rings is 1. The standard InChI is InChI=1S/C15H22N2OS/c18-15(10-13-5-3-9-19-13)17-8-2-4-12(11-17)14-6-1-7-16-14/h3,5,9,12,14,16H,1-2,4,6-8,10-11H2. The summed E-state index contributed by atoms with van der Waals surface area (Å²) in [5.74, 6) is 0.980. The van der Waals surface area contributed by atoms with Gasteiger partial charge in [-0.1, -0.05) is 6.07 Å². The maximum Gasteiger partial charge on any atom is 0.227 e. The Labute approximate surface area is 119 Å². The quantitative estimate of drug-likeness (QED) is 0.920. The van der Waals surface area contributed by atoms with Crippen LogP contribution >= 0.6 is 11.3 Å². The summed E-state index contributed by atoms with van der Waals surface area (Å²) in [6.07, 6.45) is 5.61. The third-order valence-electron chi connectivity index (χ3n) is 4.38. The van der Waals surface area contributed by atoms with E-state index in [4.69, 9.17) is 0 Å². The first-order valence-corrected chi connectivity index (χ1v) is 8.24. The van der Waals surface area contributed by atoms with Gasteiger partial charge in [-0.3, -0.25) is 4.79 Å². The number of rotatable bonds is 3. The molecular weight excluding hydrogens is 256 g/mol. The molecule has 2 aliphatic heterocycles. The number of carbonyl (C=O) groups is 1. The van der Waals surface area contributed by atoms with Crippen molar-refractivity contribution < 1.29 is 4.79 Å². The predicted molar refractivity (Wildman–Crippen MR) is 78.4 cm³/mol. The van der Waals surface area contributed by atoms with Gasteiger partial charge in [0.15, 0.2) is 0 Å². The van der Waals surface area contributed by atoms with Gasteiger partial charge in [0.2, 0.25) is 5.91 Å². The molecule has 3 rings (SSSR count). The van der Waals surface area contributed by atoms with Crippen LogP contribution in [-0.4, -0.2) is 36.5 Å². The molecule has 0 radical (unpaired) electrons. The molecule has 0 saturated carbocycles. The Balaban J connectivity index is 1.56. The van der Waals surface area contributed by atoms with Crippen LogP contribution in [0.25, 0.3) is 0 Å². The molecule has 2 atom stereocenters. The number of nitrogens with zero attached hydrogens (tertiary/aromatic N) is 1. The third-order valence-corrected chi connectivity index (χ3v) is 5.26. The molecule has 4 heteroatoms. The lowest BCUT2D eigenvalue weighted by atomic mass is 9.89. The second-order valence-electron chi connectivity index (χ2n) is 5.70. The summed E-state index contributed by atoms with van der Waals surface area (Å²) >= 11 is 1.68. The van der Waals surface area contributed by atoms with Gasteiger partial charge >= 0.3 is 0 Å². The van der Waals surface area contributed by atoms with Crippen LogP contribution < -0.4 is 5.32 Å². The molecule has 2 saturated heterocycles. The highest BCUT2D eigenvalue weighted by molar-refractivity contribution is 7.10. The average Bonchev–Trinajstić information content (AvgIpc) is 3.12. The molecule has 1 amide bonds. The van der Waals surface area contributed by atoms with Crippen molar-refractivity contribution in [2.75, 3.05) is 19.6 Å². The number of piperidine rings is 1. The summed E-state index contributed by atoms with van der Waals surface area (Å²) in [6.45, 7) is 3.07. The summed E-state index contributed by atoms with van der Waals surface area (Å²) in [7, 11) is 0. The number of hydrogen-bond donors (Lipinski definition) is 1. The second kappa shape index (κ2) is 6.06. The number of carbonyl (C=O) groups excluding carboxylic acids is 1. The van der Waals surface area contributed by atoms with Crippen LogP contribution in [0.3, 0.4) is 0 Å². The number of amides is 1. The van der Waals surface area contributed by atoms with Crippen LogP contribution in [0, 0.1) is 5.92 Å². The van der Waals surface area contributed by atoms with Crippen molar-refractivity contribution in [2.45, 2.75) is 38.1 Å². The van der Waals surface area contributed by atoms with E-state index >= 15 is 0 Å². The van der Waals surface area contributed by atoms with E-state index in [2.05, 4.69) is 16.3 Å². The average molecular weight is 278 g/mol. The first-order valence-electron chi connectivity index (χ1n) is 7.36. The maximum atomic E-state index is 12.3. The molecule has 104 valence electrons. The van der Waals surface area contributed by atoms with E-state index < -0.39 is 0 Å². The van der Waals surface area contributed by atoms with Crippen molar-refractivity contribution in [1.82, 2.24) is 10.2 Å². The topological polar surface area (TPSA) is 32.3 Å². The molecule has 0 bridgehead atoms. The van der Waals surface area contributed by atoms with Crippen LogP contribution in [0.5, 0.6) is 0 Å². The molecule has 1 N–H and O–H groups in total. The van der Waals surface area contributed by atoms with Gasteiger partial charge in [0.25, 0.3) is 0 Å². The largest absolute Gasteiger partial charge is 0.342 e. The Kier molecular flexibility index (Phi) is 4.18. The first kappa shape index (κ1) is 13.1. The summed E-state index contributed by atoms with van der Waals surface area (Å²) in [6, 6.07) is 4.73. The van der Waals surface area contributed by atoms with Gasteiger partial charge in [0.1, 0.15) is 0 Å². The Hall–Kier alpha value is -0.870. The van der Waals surface area contributed by atoms with Crippen LogP contribution in [0.2, 0.25) is 0 Å². The van der Waals surface area contributed by atoms with E-state index in [-0.39, 0.29) is 0 Å². The molecule has 2 fully saturated rings. The van der Waals surface area contributed by atoms with Gasteiger partial charge < -0.3 is 10.2 Å². The van der Waals surface area contributed by atoms with Crippen molar-refractivity contribution in [3.63, 3.8) is 0 Å². The zero-order valence-corrected chi connectivity index (χ0v) is 12.1. The lowest BCUT2D eigenvalue weighted by Crippen LogP contribution is -2.46. The van der Waals surface area contributed by atoms with Crippen molar-refractivity contribution in [3.05, 3.63) is 22.4 Å². The minimum atomic E-state index is 0.310. The first-order chi connectivity index (χ1) is 9.33. The van der Waals surface area contributed by atoms with E-state index in [1.165, 1.54) is 30.6 Å². The third kappa shape index (κ3) is 3.18. The molecule has 0 aromatic carbocycles. The van der Waals surface area contributed by atoms with Gasteiger partial charge in [0.05, 0.1) is 6.42 Å². The van der Waals surface area contributed by atoms with Crippen LogP contribution in [0.15, 0.2) is 17.5 Å². The smallest absolute Gasteiger partial charge is 0.227 e. The summed E-state index contributed by atoms with van der Waals surface area (Å²) in [5, 5.41) is 5.64. The fourth-order valence-corrected chi connectivity index (χ4v) is 4.05. The highest BCUT2D eigenvalue weighted by Gasteiger charge is 2.30. The van der Waals surface area contributed by atoms with Crippen LogP contribution in [0.1, 0.15) is 30.6 Å². The highest BCUT2D eigenvalue weighted by atomic mass is 32.1. The van der Waals surface area contributed by atoms with Crippen molar-refractivity contribution in [3.8, 4) is 0 Å². The van der Waals surface area contributed by atoms with E-state index in [0.717, 1.165) is 19.6 Å². The molecule has 1 aromatic heterocycles. The van der Waals surface area contributed by atoms with Crippen LogP contribution in [0.4, 0.5) is 0 Å². The molecule has 0 spiro atoms. The SMILES string of the molecule is O=C(Cc1cccs1)N1CCCC(C2CCCN2)C1. The molecule has 2 unspecified atom stereocenters. The second-order valence-corrected chi connectivity index (χ2v) is 6.73. The zero-order chi connectivity index (χ0) is 13.1. The van der Waals surface area contributed by atoms with E-state index in [1.54, 1.807) is 11.3 Å². The minimum Gasteiger partial charge on any atom is -0.342 e. The molecule has 1 aromatic rings. The van der Waals surface area contributed by atoms with Gasteiger partial charge in [0, 0.05) is 24.0 Å². The van der Waals surface area contributed by atoms with Crippen LogP contribution in [-0.2, 0) is 11.2 Å². The minimum absolute atomic E-state index is 0.310. The predicted octanol–water partition coefficient (Wildman–Crippen LogP) is 2.28. The van der Waals surface area contributed by atoms with E-state index in [0.29, 0.717) is 24.3 Å². The van der Waals surface area contributed by atoms with Crippen molar-refractivity contribution >= 4 is 17.2 Å². The molecule has 2 aliphatic rings. The van der Waals surface area contributed by atoms with E-state index in [9.17, 15) is 4.79 Å². The highest BCUT2D eigenvalue weighted by Crippen LogP contribution is 2.25. The summed E-state index contributed by atoms with van der Waals surface area (Å²) < 4.78 is 0. The molecular formula is C15H22N2OS. The van der Waals surface area contributed by atoms with Gasteiger partial charge in [-0.25, -0.2) is 0 Å². The van der Waals surface area contributed by atoms with Crippen molar-refractivity contribution in [2.24, 2.45) is 5.92 Å². The number of nitrogens with one attached hydrogen (secondary N) is 1. The normalized spacial score (nSPS) is 27.7. The Morgan fingerprint density at radius 1 is 1.42 bits per heavy atom. The maximum absolute atomic E-state index is 12.3. The molecule has 3 heterocycles. The molecule has 3 nitrogen and oxygen atoms in total. The fraction of sp³-hybridized carbons (Fsp3) is 0.667. The lowest BCUT2D eigenvalue weighted by molar-refractivity contribution is -0.132. The zero-order valence-electron chi connectivity index (χ0n) is 11.3. The number of hydrogen-bond acceptors (Lipinski definition) is 3. The Bertz CT molecular complexity index is 412. The van der Waals surface area contributed by atoms with Gasteiger partial charge in [-0.2, -0.15) is 0 Å². The van der Waals surface area contributed by atoms with Gasteiger partial charge in [-0.05, 0) is 49.6 Å². The monoisotopic (exact) mass is 278 g/mol. The van der Waals surface area contributed by atoms with Crippen molar-refractivity contribution in [1.29, 1.82) is 0 Å². The summed E-state index contributed by atoms with van der Waals surface area (Å²) in [5.41, 5.74) is 0. The molecule has 19 heavy (non-hydrogen) atoms. The van der Waals surface area contributed by atoms with Gasteiger partial charge in [-0.15, -0.1) is 11.3 Å². The van der Waals surface area contributed by atoms with E-state index in [1.807, 2.05) is 11.4 Å². The molecule has 0 aliphatic carbocycles. The number of likely N-dealkylation sites (tertiary alicyclic amines) is 1.